The zero-order valence-corrected chi connectivity index (χ0v) is 11.2. The standard InChI is InChI=1S/C15H22O2/c1-10(2)8-13(15(16)17)9-14-11(3)6-5-7-12(14)4/h5-7,10,13H,8-9H2,1-4H3,(H,16,17). The van der Waals surface area contributed by atoms with Gasteiger partial charge in [0.2, 0.25) is 0 Å². The minimum Gasteiger partial charge on any atom is -0.481 e. The van der Waals surface area contributed by atoms with E-state index in [2.05, 4.69) is 39.8 Å². The largest absolute Gasteiger partial charge is 0.481 e. The molecule has 17 heavy (non-hydrogen) atoms. The van der Waals surface area contributed by atoms with E-state index in [0.717, 1.165) is 6.42 Å². The first kappa shape index (κ1) is 13.8. The van der Waals surface area contributed by atoms with Crippen molar-refractivity contribution >= 4 is 5.97 Å². The number of aryl methyl sites for hydroxylation is 2. The second-order valence-corrected chi connectivity index (χ2v) is 5.24. The number of carbonyl (C=O) groups is 1. The molecular formula is C15H22O2. The fourth-order valence-corrected chi connectivity index (χ4v) is 2.26. The molecule has 0 bridgehead atoms. The molecule has 0 fully saturated rings. The van der Waals surface area contributed by atoms with Crippen LogP contribution in [-0.2, 0) is 11.2 Å². The lowest BCUT2D eigenvalue weighted by Crippen LogP contribution is -2.19. The van der Waals surface area contributed by atoms with E-state index in [4.69, 9.17) is 0 Å². The predicted octanol–water partition coefficient (Wildman–Crippen LogP) is 3.59. The molecular weight excluding hydrogens is 212 g/mol. The Morgan fingerprint density at radius 1 is 1.24 bits per heavy atom. The van der Waals surface area contributed by atoms with Crippen LogP contribution in [0.1, 0.15) is 37.0 Å². The Balaban J connectivity index is 2.90. The topological polar surface area (TPSA) is 37.3 Å². The van der Waals surface area contributed by atoms with Crippen molar-refractivity contribution in [2.24, 2.45) is 11.8 Å². The molecule has 2 nitrogen and oxygen atoms in total. The summed E-state index contributed by atoms with van der Waals surface area (Å²) >= 11 is 0. The molecule has 0 radical (unpaired) electrons. The summed E-state index contributed by atoms with van der Waals surface area (Å²) in [6.07, 6.45) is 1.38. The van der Waals surface area contributed by atoms with Crippen LogP contribution in [0, 0.1) is 25.7 Å². The van der Waals surface area contributed by atoms with Crippen molar-refractivity contribution < 1.29 is 9.90 Å². The third-order valence-corrected chi connectivity index (χ3v) is 3.20. The van der Waals surface area contributed by atoms with Crippen LogP contribution in [0.4, 0.5) is 0 Å². The molecule has 1 rings (SSSR count). The summed E-state index contributed by atoms with van der Waals surface area (Å²) < 4.78 is 0. The van der Waals surface area contributed by atoms with Crippen molar-refractivity contribution in [1.82, 2.24) is 0 Å². The van der Waals surface area contributed by atoms with Gasteiger partial charge in [-0.05, 0) is 49.3 Å². The number of carboxylic acid groups (broad SMARTS) is 1. The van der Waals surface area contributed by atoms with Gasteiger partial charge >= 0.3 is 5.97 Å². The smallest absolute Gasteiger partial charge is 0.306 e. The monoisotopic (exact) mass is 234 g/mol. The second kappa shape index (κ2) is 5.85. The molecule has 1 aromatic carbocycles. The lowest BCUT2D eigenvalue weighted by atomic mass is 9.88. The Kier molecular flexibility index (Phi) is 4.73. The van der Waals surface area contributed by atoms with Gasteiger partial charge in [-0.3, -0.25) is 4.79 Å². The van der Waals surface area contributed by atoms with Crippen LogP contribution in [0.25, 0.3) is 0 Å². The minimum atomic E-state index is -0.679. The van der Waals surface area contributed by atoms with Crippen molar-refractivity contribution in [1.29, 1.82) is 0 Å². The van der Waals surface area contributed by atoms with Crippen molar-refractivity contribution in [2.45, 2.75) is 40.5 Å². The van der Waals surface area contributed by atoms with Gasteiger partial charge < -0.3 is 5.11 Å². The summed E-state index contributed by atoms with van der Waals surface area (Å²) in [6.45, 7) is 8.24. The van der Waals surface area contributed by atoms with Crippen molar-refractivity contribution in [3.63, 3.8) is 0 Å². The Morgan fingerprint density at radius 3 is 2.18 bits per heavy atom. The lowest BCUT2D eigenvalue weighted by Gasteiger charge is -2.17. The molecule has 1 atom stereocenters. The maximum atomic E-state index is 11.3. The molecule has 0 amide bonds. The summed E-state index contributed by atoms with van der Waals surface area (Å²) in [7, 11) is 0. The fourth-order valence-electron chi connectivity index (χ4n) is 2.26. The maximum absolute atomic E-state index is 11.3. The maximum Gasteiger partial charge on any atom is 0.306 e. The predicted molar refractivity (Wildman–Crippen MR) is 70.2 cm³/mol. The van der Waals surface area contributed by atoms with Gasteiger partial charge in [0.05, 0.1) is 5.92 Å². The van der Waals surface area contributed by atoms with Crippen molar-refractivity contribution in [2.75, 3.05) is 0 Å². The van der Waals surface area contributed by atoms with Gasteiger partial charge in [0.15, 0.2) is 0 Å². The first-order valence-electron chi connectivity index (χ1n) is 6.19. The average molecular weight is 234 g/mol. The van der Waals surface area contributed by atoms with Crippen molar-refractivity contribution in [3.05, 3.63) is 34.9 Å². The molecule has 0 saturated carbocycles. The first-order chi connectivity index (χ1) is 7.91. The van der Waals surface area contributed by atoms with E-state index in [9.17, 15) is 9.90 Å². The van der Waals surface area contributed by atoms with Crippen LogP contribution in [0.15, 0.2) is 18.2 Å². The number of rotatable bonds is 5. The Bertz CT molecular complexity index is 374. The molecule has 2 heteroatoms. The summed E-state index contributed by atoms with van der Waals surface area (Å²) in [5.74, 6) is -0.531. The van der Waals surface area contributed by atoms with E-state index < -0.39 is 5.97 Å². The van der Waals surface area contributed by atoms with Crippen LogP contribution in [-0.4, -0.2) is 11.1 Å². The fraction of sp³-hybridized carbons (Fsp3) is 0.533. The quantitative estimate of drug-likeness (QED) is 0.845. The molecule has 1 N–H and O–H groups in total. The van der Waals surface area contributed by atoms with Gasteiger partial charge in [-0.15, -0.1) is 0 Å². The third kappa shape index (κ3) is 3.88. The lowest BCUT2D eigenvalue weighted by molar-refractivity contribution is -0.142. The second-order valence-electron chi connectivity index (χ2n) is 5.24. The normalized spacial score (nSPS) is 12.8. The molecule has 94 valence electrons. The van der Waals surface area contributed by atoms with Crippen LogP contribution >= 0.6 is 0 Å². The highest BCUT2D eigenvalue weighted by molar-refractivity contribution is 5.70. The molecule has 0 spiro atoms. The number of carboxylic acids is 1. The van der Waals surface area contributed by atoms with E-state index >= 15 is 0 Å². The molecule has 0 aromatic heterocycles. The van der Waals surface area contributed by atoms with Crippen LogP contribution in [0.3, 0.4) is 0 Å². The summed E-state index contributed by atoms with van der Waals surface area (Å²) in [5.41, 5.74) is 3.58. The van der Waals surface area contributed by atoms with E-state index in [1.165, 1.54) is 16.7 Å². The highest BCUT2D eigenvalue weighted by atomic mass is 16.4. The SMILES string of the molecule is Cc1cccc(C)c1CC(CC(C)C)C(=O)O. The Hall–Kier alpha value is -1.31. The summed E-state index contributed by atoms with van der Waals surface area (Å²) in [4.78, 5) is 11.3. The summed E-state index contributed by atoms with van der Waals surface area (Å²) in [5, 5.41) is 9.27. The Morgan fingerprint density at radius 2 is 1.76 bits per heavy atom. The van der Waals surface area contributed by atoms with Crippen LogP contribution in [0.2, 0.25) is 0 Å². The summed E-state index contributed by atoms with van der Waals surface area (Å²) in [6, 6.07) is 6.12. The molecule has 1 unspecified atom stereocenters. The highest BCUT2D eigenvalue weighted by Gasteiger charge is 2.20. The molecule has 0 heterocycles. The van der Waals surface area contributed by atoms with Crippen LogP contribution < -0.4 is 0 Å². The van der Waals surface area contributed by atoms with E-state index in [0.29, 0.717) is 12.3 Å². The third-order valence-electron chi connectivity index (χ3n) is 3.20. The zero-order valence-electron chi connectivity index (χ0n) is 11.2. The van der Waals surface area contributed by atoms with E-state index in [1.807, 2.05) is 6.07 Å². The first-order valence-corrected chi connectivity index (χ1v) is 6.19. The molecule has 0 saturated heterocycles. The number of aliphatic carboxylic acids is 1. The average Bonchev–Trinajstić information content (AvgIpc) is 2.21. The van der Waals surface area contributed by atoms with E-state index in [1.54, 1.807) is 0 Å². The molecule has 0 aliphatic rings. The number of hydrogen-bond acceptors (Lipinski definition) is 1. The van der Waals surface area contributed by atoms with E-state index in [-0.39, 0.29) is 5.92 Å². The van der Waals surface area contributed by atoms with Gasteiger partial charge in [0.1, 0.15) is 0 Å². The molecule has 1 aromatic rings. The molecule has 0 aliphatic heterocycles. The van der Waals surface area contributed by atoms with Gasteiger partial charge in [0, 0.05) is 0 Å². The minimum absolute atomic E-state index is 0.269. The zero-order chi connectivity index (χ0) is 13.0. The Labute approximate surface area is 104 Å². The van der Waals surface area contributed by atoms with Gasteiger partial charge in [-0.2, -0.15) is 0 Å². The number of benzene rings is 1. The van der Waals surface area contributed by atoms with Gasteiger partial charge in [-0.1, -0.05) is 32.0 Å². The van der Waals surface area contributed by atoms with Gasteiger partial charge in [0.25, 0.3) is 0 Å². The molecule has 0 aliphatic carbocycles. The highest BCUT2D eigenvalue weighted by Crippen LogP contribution is 2.22. The van der Waals surface area contributed by atoms with Crippen molar-refractivity contribution in [3.8, 4) is 0 Å². The van der Waals surface area contributed by atoms with Crippen LogP contribution in [0.5, 0.6) is 0 Å². The van der Waals surface area contributed by atoms with Gasteiger partial charge in [-0.25, -0.2) is 0 Å². The number of hydrogen-bond donors (Lipinski definition) is 1.